The first-order valence-corrected chi connectivity index (χ1v) is 9.61. The van der Waals surface area contributed by atoms with Gasteiger partial charge in [-0.2, -0.15) is 0 Å². The van der Waals surface area contributed by atoms with E-state index in [4.69, 9.17) is 0 Å². The molecule has 1 N–H and O–H groups in total. The molecule has 136 valence electrons. The van der Waals surface area contributed by atoms with Crippen molar-refractivity contribution in [3.63, 3.8) is 0 Å². The van der Waals surface area contributed by atoms with Crippen molar-refractivity contribution in [1.29, 1.82) is 0 Å². The van der Waals surface area contributed by atoms with Crippen molar-refractivity contribution in [2.45, 2.75) is 31.7 Å². The van der Waals surface area contributed by atoms with Gasteiger partial charge >= 0.3 is 0 Å². The van der Waals surface area contributed by atoms with Crippen LogP contribution in [0.3, 0.4) is 0 Å². The Bertz CT molecular complexity index is 747. The average Bonchev–Trinajstić information content (AvgIpc) is 2.65. The van der Waals surface area contributed by atoms with E-state index in [2.05, 4.69) is 64.8 Å². The highest BCUT2D eigenvalue weighted by molar-refractivity contribution is 5.73. The fourth-order valence-electron chi connectivity index (χ4n) is 4.04. The van der Waals surface area contributed by atoms with E-state index in [0.717, 1.165) is 26.2 Å². The monoisotopic (exact) mass is 349 g/mol. The number of piperazine rings is 1. The van der Waals surface area contributed by atoms with Crippen molar-refractivity contribution in [2.24, 2.45) is 0 Å². The number of rotatable bonds is 4. The predicted molar refractivity (Wildman–Crippen MR) is 107 cm³/mol. The van der Waals surface area contributed by atoms with Crippen molar-refractivity contribution in [1.82, 2.24) is 4.90 Å². The zero-order chi connectivity index (χ0) is 17.9. The van der Waals surface area contributed by atoms with Crippen molar-refractivity contribution in [2.75, 3.05) is 36.4 Å². The summed E-state index contributed by atoms with van der Waals surface area (Å²) in [5.41, 5.74) is 3.91. The Morgan fingerprint density at radius 1 is 0.962 bits per heavy atom. The molecule has 1 saturated heterocycles. The van der Waals surface area contributed by atoms with Gasteiger partial charge in [0, 0.05) is 50.5 Å². The zero-order valence-corrected chi connectivity index (χ0v) is 15.4. The summed E-state index contributed by atoms with van der Waals surface area (Å²) >= 11 is 0. The van der Waals surface area contributed by atoms with Gasteiger partial charge in [0.25, 0.3) is 0 Å². The van der Waals surface area contributed by atoms with Gasteiger partial charge in [-0.15, -0.1) is 0 Å². The molecule has 0 unspecified atom stereocenters. The van der Waals surface area contributed by atoms with Gasteiger partial charge < -0.3 is 15.1 Å². The lowest BCUT2D eigenvalue weighted by atomic mass is 9.76. The number of carbonyl (C=O) groups excluding carboxylic acids is 1. The van der Waals surface area contributed by atoms with Crippen LogP contribution in [0.1, 0.15) is 31.2 Å². The van der Waals surface area contributed by atoms with Crippen LogP contribution in [-0.2, 0) is 4.79 Å². The summed E-state index contributed by atoms with van der Waals surface area (Å²) in [5.74, 6) is 0.870. The SMILES string of the molecule is CC(=O)N1CCN(c2cccc(NC3CC(c4ccccc4)C3)c2)CC1. The topological polar surface area (TPSA) is 35.6 Å². The first kappa shape index (κ1) is 17.0. The predicted octanol–water partition coefficient (Wildman–Crippen LogP) is 3.71. The van der Waals surface area contributed by atoms with Crippen LogP contribution in [0.25, 0.3) is 0 Å². The van der Waals surface area contributed by atoms with E-state index in [9.17, 15) is 4.79 Å². The maximum atomic E-state index is 11.5. The molecule has 1 saturated carbocycles. The second-order valence-corrected chi connectivity index (χ2v) is 7.46. The number of carbonyl (C=O) groups is 1. The second-order valence-electron chi connectivity index (χ2n) is 7.46. The number of hydrogen-bond donors (Lipinski definition) is 1. The first-order valence-electron chi connectivity index (χ1n) is 9.61. The lowest BCUT2D eigenvalue weighted by Crippen LogP contribution is -2.48. The number of nitrogens with one attached hydrogen (secondary N) is 1. The van der Waals surface area contributed by atoms with Gasteiger partial charge in [-0.3, -0.25) is 4.79 Å². The third-order valence-corrected chi connectivity index (χ3v) is 5.72. The van der Waals surface area contributed by atoms with E-state index in [0.29, 0.717) is 12.0 Å². The van der Waals surface area contributed by atoms with Gasteiger partial charge in [0.1, 0.15) is 0 Å². The summed E-state index contributed by atoms with van der Waals surface area (Å²) in [6.07, 6.45) is 2.40. The summed E-state index contributed by atoms with van der Waals surface area (Å²) in [7, 11) is 0. The number of amides is 1. The van der Waals surface area contributed by atoms with Crippen LogP contribution < -0.4 is 10.2 Å². The van der Waals surface area contributed by atoms with Gasteiger partial charge in [-0.25, -0.2) is 0 Å². The molecule has 1 aliphatic heterocycles. The molecule has 4 nitrogen and oxygen atoms in total. The van der Waals surface area contributed by atoms with Gasteiger partial charge in [-0.1, -0.05) is 36.4 Å². The first-order chi connectivity index (χ1) is 12.7. The molecule has 26 heavy (non-hydrogen) atoms. The Balaban J connectivity index is 1.32. The van der Waals surface area contributed by atoms with Crippen LogP contribution in [-0.4, -0.2) is 43.0 Å². The Hall–Kier alpha value is -2.49. The molecule has 4 rings (SSSR count). The molecular formula is C22H27N3O. The molecule has 0 bridgehead atoms. The quantitative estimate of drug-likeness (QED) is 0.914. The molecule has 2 fully saturated rings. The zero-order valence-electron chi connectivity index (χ0n) is 15.4. The Kier molecular flexibility index (Phi) is 4.83. The van der Waals surface area contributed by atoms with Gasteiger partial charge in [0.05, 0.1) is 0 Å². The third kappa shape index (κ3) is 3.69. The van der Waals surface area contributed by atoms with Crippen molar-refractivity contribution in [3.05, 3.63) is 60.2 Å². The molecule has 4 heteroatoms. The van der Waals surface area contributed by atoms with E-state index in [-0.39, 0.29) is 5.91 Å². The highest BCUT2D eigenvalue weighted by Gasteiger charge is 2.30. The molecule has 1 amide bonds. The van der Waals surface area contributed by atoms with Crippen LogP contribution in [0, 0.1) is 0 Å². The van der Waals surface area contributed by atoms with Gasteiger partial charge in [0.2, 0.25) is 5.91 Å². The number of hydrogen-bond acceptors (Lipinski definition) is 3. The van der Waals surface area contributed by atoms with Crippen molar-refractivity contribution < 1.29 is 4.79 Å². The number of nitrogens with zero attached hydrogens (tertiary/aromatic N) is 2. The molecule has 2 aliphatic rings. The fraction of sp³-hybridized carbons (Fsp3) is 0.409. The molecule has 1 aliphatic carbocycles. The summed E-state index contributed by atoms with van der Waals surface area (Å²) in [6, 6.07) is 20.1. The summed E-state index contributed by atoms with van der Waals surface area (Å²) in [6.45, 7) is 5.09. The van der Waals surface area contributed by atoms with Crippen LogP contribution in [0.4, 0.5) is 11.4 Å². The van der Waals surface area contributed by atoms with Crippen LogP contribution in [0.2, 0.25) is 0 Å². The molecule has 0 spiro atoms. The highest BCUT2D eigenvalue weighted by atomic mass is 16.2. The minimum Gasteiger partial charge on any atom is -0.382 e. The number of benzene rings is 2. The molecule has 0 aromatic heterocycles. The van der Waals surface area contributed by atoms with Crippen molar-refractivity contribution >= 4 is 17.3 Å². The Morgan fingerprint density at radius 3 is 2.38 bits per heavy atom. The van der Waals surface area contributed by atoms with Crippen molar-refractivity contribution in [3.8, 4) is 0 Å². The van der Waals surface area contributed by atoms with E-state index < -0.39 is 0 Å². The minimum atomic E-state index is 0.179. The Morgan fingerprint density at radius 2 is 1.69 bits per heavy atom. The van der Waals surface area contributed by atoms with E-state index in [1.54, 1.807) is 6.92 Å². The van der Waals surface area contributed by atoms with Crippen LogP contribution in [0.5, 0.6) is 0 Å². The average molecular weight is 349 g/mol. The summed E-state index contributed by atoms with van der Waals surface area (Å²) in [4.78, 5) is 15.8. The van der Waals surface area contributed by atoms with E-state index in [1.165, 1.54) is 29.8 Å². The molecule has 2 aromatic carbocycles. The third-order valence-electron chi connectivity index (χ3n) is 5.72. The molecule has 2 aromatic rings. The molecular weight excluding hydrogens is 322 g/mol. The van der Waals surface area contributed by atoms with Crippen LogP contribution >= 0.6 is 0 Å². The smallest absolute Gasteiger partial charge is 0.219 e. The summed E-state index contributed by atoms with van der Waals surface area (Å²) < 4.78 is 0. The minimum absolute atomic E-state index is 0.179. The fourth-order valence-corrected chi connectivity index (χ4v) is 4.04. The number of anilines is 2. The lowest BCUT2D eigenvalue weighted by Gasteiger charge is -2.38. The maximum Gasteiger partial charge on any atom is 0.219 e. The molecule has 0 radical (unpaired) electrons. The second kappa shape index (κ2) is 7.40. The highest BCUT2D eigenvalue weighted by Crippen LogP contribution is 2.38. The van der Waals surface area contributed by atoms with Gasteiger partial charge in [0.15, 0.2) is 0 Å². The molecule has 0 atom stereocenters. The standard InChI is InChI=1S/C22H27N3O/c1-17(26)24-10-12-25(13-11-24)22-9-5-8-20(16-22)23-21-14-19(15-21)18-6-3-2-4-7-18/h2-9,16,19,21,23H,10-15H2,1H3. The van der Waals surface area contributed by atoms with Gasteiger partial charge in [-0.05, 0) is 42.5 Å². The normalized spacial score (nSPS) is 22.7. The van der Waals surface area contributed by atoms with Crippen LogP contribution in [0.15, 0.2) is 54.6 Å². The summed E-state index contributed by atoms with van der Waals surface area (Å²) in [5, 5.41) is 3.69. The largest absolute Gasteiger partial charge is 0.382 e. The maximum absolute atomic E-state index is 11.5. The van der Waals surface area contributed by atoms with E-state index >= 15 is 0 Å². The Labute approximate surface area is 155 Å². The van der Waals surface area contributed by atoms with E-state index in [1.807, 2.05) is 4.90 Å². The molecule has 1 heterocycles. The lowest BCUT2D eigenvalue weighted by molar-refractivity contribution is -0.129.